The number of nitrogens with zero attached hydrogens (tertiary/aromatic N) is 1. The van der Waals surface area contributed by atoms with Gasteiger partial charge in [0, 0.05) is 42.6 Å². The zero-order valence-electron chi connectivity index (χ0n) is 11.7. The molecular weight excluding hydrogens is 258 g/mol. The van der Waals surface area contributed by atoms with Crippen LogP contribution in [0.4, 0.5) is 0 Å². The Morgan fingerprint density at radius 1 is 1.32 bits per heavy atom. The fraction of sp³-hybridized carbons (Fsp3) is 0.600. The maximum absolute atomic E-state index is 8.95. The smallest absolute Gasteiger partial charge is 0.0540 e. The van der Waals surface area contributed by atoms with E-state index in [-0.39, 0.29) is 13.2 Å². The molecule has 4 heteroatoms. The van der Waals surface area contributed by atoms with E-state index < -0.39 is 0 Å². The first kappa shape index (κ1) is 16.2. The van der Waals surface area contributed by atoms with Crippen LogP contribution >= 0.6 is 11.3 Å². The number of hydrogen-bond donors (Lipinski definition) is 2. The monoisotopic (exact) mass is 281 g/mol. The van der Waals surface area contributed by atoms with Crippen LogP contribution < -0.4 is 0 Å². The standard InChI is InChI=1S/C15H23NO2S/c1-13(2)16(8-5-10-18)12-15-14(7-11-19-15)6-3-4-9-17/h7,11,13,17-18H,4-5,8-10,12H2,1-2H3. The molecule has 0 unspecified atom stereocenters. The Morgan fingerprint density at radius 3 is 2.74 bits per heavy atom. The molecule has 0 radical (unpaired) electrons. The third kappa shape index (κ3) is 5.75. The van der Waals surface area contributed by atoms with E-state index in [0.29, 0.717) is 12.5 Å². The first-order valence-electron chi connectivity index (χ1n) is 6.70. The molecule has 1 aromatic rings. The molecule has 0 spiro atoms. The predicted octanol–water partition coefficient (Wildman–Crippen LogP) is 2.07. The topological polar surface area (TPSA) is 43.7 Å². The van der Waals surface area contributed by atoms with Crippen LogP contribution in [0.3, 0.4) is 0 Å². The van der Waals surface area contributed by atoms with Gasteiger partial charge in [0.25, 0.3) is 0 Å². The third-order valence-corrected chi connectivity index (χ3v) is 3.79. The third-order valence-electron chi connectivity index (χ3n) is 2.89. The minimum atomic E-state index is 0.112. The summed E-state index contributed by atoms with van der Waals surface area (Å²) in [5.74, 6) is 6.09. The first-order valence-corrected chi connectivity index (χ1v) is 7.58. The van der Waals surface area contributed by atoms with Crippen molar-refractivity contribution < 1.29 is 10.2 Å². The second kappa shape index (κ2) is 9.11. The van der Waals surface area contributed by atoms with Gasteiger partial charge < -0.3 is 10.2 Å². The first-order chi connectivity index (χ1) is 9.19. The van der Waals surface area contributed by atoms with Crippen LogP contribution in [0.5, 0.6) is 0 Å². The van der Waals surface area contributed by atoms with Gasteiger partial charge in [-0.3, -0.25) is 4.90 Å². The molecular formula is C15H23NO2S. The van der Waals surface area contributed by atoms with Crippen LogP contribution in [0.25, 0.3) is 0 Å². The zero-order chi connectivity index (χ0) is 14.1. The number of rotatable bonds is 7. The highest BCUT2D eigenvalue weighted by atomic mass is 32.1. The van der Waals surface area contributed by atoms with Gasteiger partial charge in [0.2, 0.25) is 0 Å². The van der Waals surface area contributed by atoms with Gasteiger partial charge in [0.05, 0.1) is 6.61 Å². The van der Waals surface area contributed by atoms with Crippen molar-refractivity contribution in [3.05, 3.63) is 21.9 Å². The summed E-state index contributed by atoms with van der Waals surface area (Å²) in [5, 5.41) is 19.8. The van der Waals surface area contributed by atoms with Crippen molar-refractivity contribution in [2.24, 2.45) is 0 Å². The zero-order valence-corrected chi connectivity index (χ0v) is 12.5. The van der Waals surface area contributed by atoms with Crippen molar-refractivity contribution in [2.75, 3.05) is 19.8 Å². The second-order valence-electron chi connectivity index (χ2n) is 4.67. The molecule has 0 fully saturated rings. The summed E-state index contributed by atoms with van der Waals surface area (Å²) in [6.07, 6.45) is 1.32. The predicted molar refractivity (Wildman–Crippen MR) is 80.1 cm³/mol. The fourth-order valence-corrected chi connectivity index (χ4v) is 2.62. The van der Waals surface area contributed by atoms with Gasteiger partial charge >= 0.3 is 0 Å². The fourth-order valence-electron chi connectivity index (χ4n) is 1.77. The van der Waals surface area contributed by atoms with Gasteiger partial charge in [-0.1, -0.05) is 11.8 Å². The SMILES string of the molecule is CC(C)N(CCCO)Cc1sccc1C#CCCO. The highest BCUT2D eigenvalue weighted by Crippen LogP contribution is 2.19. The molecule has 0 atom stereocenters. The van der Waals surface area contributed by atoms with E-state index in [1.54, 1.807) is 11.3 Å². The lowest BCUT2D eigenvalue weighted by molar-refractivity contribution is 0.186. The highest BCUT2D eigenvalue weighted by Gasteiger charge is 2.12. The lowest BCUT2D eigenvalue weighted by atomic mass is 10.2. The molecule has 0 aliphatic heterocycles. The van der Waals surface area contributed by atoms with Crippen molar-refractivity contribution >= 4 is 11.3 Å². The molecule has 0 aliphatic rings. The molecule has 2 N–H and O–H groups in total. The summed E-state index contributed by atoms with van der Waals surface area (Å²) in [6, 6.07) is 2.49. The molecule has 0 amide bonds. The second-order valence-corrected chi connectivity index (χ2v) is 5.67. The summed E-state index contributed by atoms with van der Waals surface area (Å²) in [4.78, 5) is 3.61. The Kier molecular flexibility index (Phi) is 7.76. The minimum Gasteiger partial charge on any atom is -0.396 e. The summed E-state index contributed by atoms with van der Waals surface area (Å²) in [7, 11) is 0. The maximum atomic E-state index is 8.95. The lowest BCUT2D eigenvalue weighted by Crippen LogP contribution is -2.31. The van der Waals surface area contributed by atoms with Crippen LogP contribution in [0.2, 0.25) is 0 Å². The molecule has 0 saturated heterocycles. The molecule has 0 aromatic carbocycles. The summed E-state index contributed by atoms with van der Waals surface area (Å²) >= 11 is 1.72. The minimum absolute atomic E-state index is 0.112. The van der Waals surface area contributed by atoms with Gasteiger partial charge in [-0.25, -0.2) is 0 Å². The Bertz CT molecular complexity index is 417. The Morgan fingerprint density at radius 2 is 2.11 bits per heavy atom. The van der Waals surface area contributed by atoms with Crippen molar-refractivity contribution in [1.82, 2.24) is 4.90 Å². The molecule has 3 nitrogen and oxygen atoms in total. The molecule has 0 saturated carbocycles. The van der Waals surface area contributed by atoms with Gasteiger partial charge in [-0.2, -0.15) is 0 Å². The molecule has 0 aliphatic carbocycles. The van der Waals surface area contributed by atoms with Crippen molar-refractivity contribution in [1.29, 1.82) is 0 Å². The van der Waals surface area contributed by atoms with Crippen LogP contribution in [-0.2, 0) is 6.54 Å². The van der Waals surface area contributed by atoms with E-state index >= 15 is 0 Å². The van der Waals surface area contributed by atoms with E-state index in [4.69, 9.17) is 10.2 Å². The highest BCUT2D eigenvalue weighted by molar-refractivity contribution is 7.10. The lowest BCUT2D eigenvalue weighted by Gasteiger charge is -2.25. The Hall–Kier alpha value is -0.860. The summed E-state index contributed by atoms with van der Waals surface area (Å²) < 4.78 is 0. The van der Waals surface area contributed by atoms with E-state index in [9.17, 15) is 0 Å². The average molecular weight is 281 g/mol. The van der Waals surface area contributed by atoms with Crippen molar-refractivity contribution in [3.63, 3.8) is 0 Å². The van der Waals surface area contributed by atoms with Crippen LogP contribution in [-0.4, -0.2) is 40.9 Å². The maximum Gasteiger partial charge on any atom is 0.0540 e. The van der Waals surface area contributed by atoms with E-state index in [1.165, 1.54) is 4.88 Å². The number of thiophene rings is 1. The molecule has 19 heavy (non-hydrogen) atoms. The van der Waals surface area contributed by atoms with E-state index in [0.717, 1.165) is 25.1 Å². The molecule has 1 aromatic heterocycles. The number of hydrogen-bond acceptors (Lipinski definition) is 4. The number of aliphatic hydroxyl groups is 2. The quantitative estimate of drug-likeness (QED) is 0.752. The largest absolute Gasteiger partial charge is 0.396 e. The van der Waals surface area contributed by atoms with Gasteiger partial charge in [-0.15, -0.1) is 11.3 Å². The summed E-state index contributed by atoms with van der Waals surface area (Å²) in [5.41, 5.74) is 1.06. The van der Waals surface area contributed by atoms with E-state index in [1.807, 2.05) is 6.07 Å². The van der Waals surface area contributed by atoms with Crippen LogP contribution in [0.15, 0.2) is 11.4 Å². The molecule has 1 heterocycles. The number of aliphatic hydroxyl groups excluding tert-OH is 2. The normalized spacial score (nSPS) is 10.8. The van der Waals surface area contributed by atoms with Gasteiger partial charge in [-0.05, 0) is 31.7 Å². The Balaban J connectivity index is 2.69. The molecule has 106 valence electrons. The van der Waals surface area contributed by atoms with Crippen LogP contribution in [0, 0.1) is 11.8 Å². The van der Waals surface area contributed by atoms with Crippen molar-refractivity contribution in [2.45, 2.75) is 39.3 Å². The van der Waals surface area contributed by atoms with E-state index in [2.05, 4.69) is 36.0 Å². The average Bonchev–Trinajstić information content (AvgIpc) is 2.82. The summed E-state index contributed by atoms with van der Waals surface area (Å²) in [6.45, 7) is 6.45. The molecule has 1 rings (SSSR count). The van der Waals surface area contributed by atoms with Gasteiger partial charge in [0.1, 0.15) is 0 Å². The molecule has 0 bridgehead atoms. The van der Waals surface area contributed by atoms with Crippen LogP contribution in [0.1, 0.15) is 37.1 Å². The van der Waals surface area contributed by atoms with Gasteiger partial charge in [0.15, 0.2) is 0 Å². The Labute approximate surface area is 119 Å². The van der Waals surface area contributed by atoms with Crippen molar-refractivity contribution in [3.8, 4) is 11.8 Å².